The molecule has 4 rings (SSSR count). The van der Waals surface area contributed by atoms with Gasteiger partial charge in [-0.25, -0.2) is 0 Å². The second kappa shape index (κ2) is 7.66. The van der Waals surface area contributed by atoms with Crippen molar-refractivity contribution in [3.63, 3.8) is 0 Å². The van der Waals surface area contributed by atoms with Crippen LogP contribution in [-0.2, 0) is 0 Å². The zero-order valence-corrected chi connectivity index (χ0v) is 15.9. The Bertz CT molecular complexity index is 710. The summed E-state index contributed by atoms with van der Waals surface area (Å²) in [6.45, 7) is 2.46. The number of fused-ring (bicyclic) bond motifs is 1. The van der Waals surface area contributed by atoms with Gasteiger partial charge < -0.3 is 0 Å². The molecule has 1 aliphatic carbocycles. The SMILES string of the molecule is Cl.Clc1ccc(C2CC(N3CCCCC3)c3ccccc32)cc1Cl. The van der Waals surface area contributed by atoms with Crippen molar-refractivity contribution >= 4 is 35.6 Å². The number of benzene rings is 2. The highest BCUT2D eigenvalue weighted by Gasteiger charge is 2.35. The number of rotatable bonds is 2. The van der Waals surface area contributed by atoms with Crippen LogP contribution in [-0.4, -0.2) is 18.0 Å². The van der Waals surface area contributed by atoms with Crippen LogP contribution >= 0.6 is 35.6 Å². The monoisotopic (exact) mass is 381 g/mol. The summed E-state index contributed by atoms with van der Waals surface area (Å²) in [4.78, 5) is 2.68. The summed E-state index contributed by atoms with van der Waals surface area (Å²) in [6, 6.07) is 15.6. The summed E-state index contributed by atoms with van der Waals surface area (Å²) >= 11 is 12.4. The van der Waals surface area contributed by atoms with E-state index in [0.29, 0.717) is 22.0 Å². The van der Waals surface area contributed by atoms with E-state index in [-0.39, 0.29) is 12.4 Å². The van der Waals surface area contributed by atoms with E-state index in [0.717, 1.165) is 6.42 Å². The Morgan fingerprint density at radius 3 is 2.25 bits per heavy atom. The Balaban J connectivity index is 0.00000169. The predicted molar refractivity (Wildman–Crippen MR) is 105 cm³/mol. The second-order valence-electron chi connectivity index (χ2n) is 6.70. The Kier molecular flexibility index (Phi) is 5.77. The number of nitrogens with zero attached hydrogens (tertiary/aromatic N) is 1. The maximum Gasteiger partial charge on any atom is 0.0595 e. The molecule has 2 unspecified atom stereocenters. The number of likely N-dealkylation sites (tertiary alicyclic amines) is 1. The van der Waals surface area contributed by atoms with Crippen LogP contribution in [0.3, 0.4) is 0 Å². The van der Waals surface area contributed by atoms with Crippen molar-refractivity contribution < 1.29 is 0 Å². The third-order valence-electron chi connectivity index (χ3n) is 5.37. The van der Waals surface area contributed by atoms with Gasteiger partial charge in [-0.05, 0) is 61.2 Å². The average Bonchev–Trinajstić information content (AvgIpc) is 2.98. The standard InChI is InChI=1S/C20H21Cl2N.ClH/c21-18-9-8-14(12-19(18)22)17-13-20(23-10-4-1-5-11-23)16-7-3-2-6-15(16)17;/h2-3,6-9,12,17,20H,1,4-5,10-11,13H2;1H. The van der Waals surface area contributed by atoms with Crippen molar-refractivity contribution in [3.05, 3.63) is 69.2 Å². The molecule has 1 heterocycles. The second-order valence-corrected chi connectivity index (χ2v) is 7.52. The molecule has 1 aliphatic heterocycles. The Labute approximate surface area is 160 Å². The highest BCUT2D eigenvalue weighted by atomic mass is 35.5. The molecule has 1 saturated heterocycles. The minimum absolute atomic E-state index is 0. The molecule has 0 amide bonds. The maximum atomic E-state index is 6.26. The summed E-state index contributed by atoms with van der Waals surface area (Å²) in [5.41, 5.74) is 4.25. The Morgan fingerprint density at radius 2 is 1.54 bits per heavy atom. The fourth-order valence-corrected chi connectivity index (χ4v) is 4.54. The maximum absolute atomic E-state index is 6.26. The fourth-order valence-electron chi connectivity index (χ4n) is 4.23. The lowest BCUT2D eigenvalue weighted by Crippen LogP contribution is -2.32. The minimum Gasteiger partial charge on any atom is -0.296 e. The van der Waals surface area contributed by atoms with Gasteiger partial charge in [-0.3, -0.25) is 4.90 Å². The van der Waals surface area contributed by atoms with E-state index in [1.165, 1.54) is 49.0 Å². The molecule has 24 heavy (non-hydrogen) atoms. The third kappa shape index (κ3) is 3.32. The smallest absolute Gasteiger partial charge is 0.0595 e. The number of hydrogen-bond donors (Lipinski definition) is 0. The van der Waals surface area contributed by atoms with Crippen LogP contribution in [0.1, 0.15) is 54.3 Å². The number of piperidine rings is 1. The van der Waals surface area contributed by atoms with Crippen LogP contribution in [0.4, 0.5) is 0 Å². The van der Waals surface area contributed by atoms with Crippen molar-refractivity contribution in [2.24, 2.45) is 0 Å². The van der Waals surface area contributed by atoms with Crippen LogP contribution in [0.25, 0.3) is 0 Å². The molecule has 2 aromatic rings. The average molecular weight is 383 g/mol. The van der Waals surface area contributed by atoms with Gasteiger partial charge in [-0.1, -0.05) is 60.0 Å². The lowest BCUT2D eigenvalue weighted by atomic mass is 9.93. The van der Waals surface area contributed by atoms with Gasteiger partial charge in [-0.15, -0.1) is 12.4 Å². The molecule has 2 atom stereocenters. The van der Waals surface area contributed by atoms with E-state index in [1.807, 2.05) is 12.1 Å². The molecule has 0 N–H and O–H groups in total. The van der Waals surface area contributed by atoms with Crippen molar-refractivity contribution in [2.45, 2.75) is 37.6 Å². The molecule has 0 spiro atoms. The van der Waals surface area contributed by atoms with E-state index in [4.69, 9.17) is 23.2 Å². The van der Waals surface area contributed by atoms with Crippen molar-refractivity contribution in [2.75, 3.05) is 13.1 Å². The third-order valence-corrected chi connectivity index (χ3v) is 6.11. The first-order valence-corrected chi connectivity index (χ1v) is 9.27. The highest BCUT2D eigenvalue weighted by molar-refractivity contribution is 6.42. The zero-order valence-electron chi connectivity index (χ0n) is 13.6. The predicted octanol–water partition coefficient (Wildman–Crippen LogP) is 6.48. The van der Waals surface area contributed by atoms with Crippen molar-refractivity contribution in [3.8, 4) is 0 Å². The molecule has 128 valence electrons. The molecule has 2 aromatic carbocycles. The summed E-state index contributed by atoms with van der Waals surface area (Å²) in [6.07, 6.45) is 5.19. The molecule has 1 fully saturated rings. The molecule has 2 aliphatic rings. The molecule has 0 radical (unpaired) electrons. The lowest BCUT2D eigenvalue weighted by molar-refractivity contribution is 0.161. The van der Waals surface area contributed by atoms with Crippen LogP contribution in [0, 0.1) is 0 Å². The Hall–Kier alpha value is -0.730. The summed E-state index contributed by atoms with van der Waals surface area (Å²) in [5, 5.41) is 1.29. The zero-order chi connectivity index (χ0) is 15.8. The first-order chi connectivity index (χ1) is 11.2. The number of halogens is 3. The van der Waals surface area contributed by atoms with Gasteiger partial charge in [0.1, 0.15) is 0 Å². The van der Waals surface area contributed by atoms with E-state index >= 15 is 0 Å². The van der Waals surface area contributed by atoms with Gasteiger partial charge in [0, 0.05) is 12.0 Å². The molecular weight excluding hydrogens is 361 g/mol. The van der Waals surface area contributed by atoms with Gasteiger partial charge >= 0.3 is 0 Å². The fraction of sp³-hybridized carbons (Fsp3) is 0.400. The van der Waals surface area contributed by atoms with E-state index in [2.05, 4.69) is 35.2 Å². The van der Waals surface area contributed by atoms with Gasteiger partial charge in [0.25, 0.3) is 0 Å². The largest absolute Gasteiger partial charge is 0.296 e. The molecule has 1 nitrogen and oxygen atoms in total. The molecular formula is C20H22Cl3N. The van der Waals surface area contributed by atoms with E-state index in [9.17, 15) is 0 Å². The van der Waals surface area contributed by atoms with Crippen LogP contribution in [0.2, 0.25) is 10.0 Å². The molecule has 0 saturated carbocycles. The lowest BCUT2D eigenvalue weighted by Gasteiger charge is -2.33. The minimum atomic E-state index is 0. The van der Waals surface area contributed by atoms with Crippen molar-refractivity contribution in [1.29, 1.82) is 0 Å². The molecule has 0 bridgehead atoms. The van der Waals surface area contributed by atoms with Gasteiger partial charge in [-0.2, -0.15) is 0 Å². The van der Waals surface area contributed by atoms with Crippen LogP contribution in [0.15, 0.2) is 42.5 Å². The first kappa shape index (κ1) is 18.1. The topological polar surface area (TPSA) is 3.24 Å². The number of hydrogen-bond acceptors (Lipinski definition) is 1. The highest BCUT2D eigenvalue weighted by Crippen LogP contribution is 2.47. The normalized spacial score (nSPS) is 23.6. The molecule has 4 heteroatoms. The van der Waals surface area contributed by atoms with Crippen LogP contribution < -0.4 is 0 Å². The van der Waals surface area contributed by atoms with Crippen molar-refractivity contribution in [1.82, 2.24) is 4.90 Å². The Morgan fingerprint density at radius 1 is 0.833 bits per heavy atom. The summed E-state index contributed by atoms with van der Waals surface area (Å²) in [7, 11) is 0. The van der Waals surface area contributed by atoms with Gasteiger partial charge in [0.2, 0.25) is 0 Å². The van der Waals surface area contributed by atoms with E-state index in [1.54, 1.807) is 0 Å². The first-order valence-electron chi connectivity index (χ1n) is 8.52. The van der Waals surface area contributed by atoms with Crippen LogP contribution in [0.5, 0.6) is 0 Å². The summed E-state index contributed by atoms with van der Waals surface area (Å²) < 4.78 is 0. The van der Waals surface area contributed by atoms with Gasteiger partial charge in [0.05, 0.1) is 10.0 Å². The summed E-state index contributed by atoms with van der Waals surface area (Å²) in [5.74, 6) is 0.424. The molecule has 0 aromatic heterocycles. The quantitative estimate of drug-likeness (QED) is 0.574. The van der Waals surface area contributed by atoms with Gasteiger partial charge in [0.15, 0.2) is 0 Å². The van der Waals surface area contributed by atoms with E-state index < -0.39 is 0 Å².